The molecule has 0 N–H and O–H groups in total. The Morgan fingerprint density at radius 2 is 1.94 bits per heavy atom. The first-order valence-corrected chi connectivity index (χ1v) is 6.66. The molecule has 0 unspecified atom stereocenters. The van der Waals surface area contributed by atoms with Crippen LogP contribution in [0.1, 0.15) is 45.0 Å². The second kappa shape index (κ2) is 6.39. The molecular formula is C12H18N4S. The number of aryl methyl sites for hydroxylation is 1. The van der Waals surface area contributed by atoms with Crippen LogP contribution in [0.15, 0.2) is 11.7 Å². The monoisotopic (exact) mass is 250 g/mol. The normalized spacial score (nSPS) is 10.0. The van der Waals surface area contributed by atoms with E-state index in [4.69, 9.17) is 0 Å². The Morgan fingerprint density at radius 3 is 2.47 bits per heavy atom. The summed E-state index contributed by atoms with van der Waals surface area (Å²) in [4.78, 5) is 8.89. The Kier molecular flexibility index (Phi) is 5.15. The van der Waals surface area contributed by atoms with Gasteiger partial charge in [0, 0.05) is 0 Å². The Labute approximate surface area is 106 Å². The predicted molar refractivity (Wildman–Crippen MR) is 71.1 cm³/mol. The van der Waals surface area contributed by atoms with Gasteiger partial charge in [-0.2, -0.15) is 0 Å². The van der Waals surface area contributed by atoms with E-state index in [1.54, 1.807) is 11.7 Å². The Balaban J connectivity index is 0.000000686. The molecule has 92 valence electrons. The van der Waals surface area contributed by atoms with Crippen molar-refractivity contribution in [2.75, 3.05) is 0 Å². The third-order valence-corrected chi connectivity index (χ3v) is 2.83. The molecule has 0 aliphatic carbocycles. The van der Waals surface area contributed by atoms with Gasteiger partial charge in [-0.15, -0.1) is 10.2 Å². The van der Waals surface area contributed by atoms with Crippen LogP contribution in [0.2, 0.25) is 0 Å². The van der Waals surface area contributed by atoms with Crippen LogP contribution in [-0.2, 0) is 0 Å². The minimum Gasteiger partial charge on any atom is -0.257 e. The summed E-state index contributed by atoms with van der Waals surface area (Å²) < 4.78 is 0. The van der Waals surface area contributed by atoms with Crippen molar-refractivity contribution < 1.29 is 0 Å². The minimum atomic E-state index is 0.380. The average molecular weight is 250 g/mol. The molecule has 2 heterocycles. The lowest BCUT2D eigenvalue weighted by molar-refractivity contribution is 0.797. The van der Waals surface area contributed by atoms with Gasteiger partial charge in [0.05, 0.1) is 17.6 Å². The molecule has 0 spiro atoms. The summed E-state index contributed by atoms with van der Waals surface area (Å²) in [7, 11) is 0. The fourth-order valence-electron chi connectivity index (χ4n) is 1.40. The van der Waals surface area contributed by atoms with Crippen LogP contribution in [0.4, 0.5) is 0 Å². The first-order valence-electron chi connectivity index (χ1n) is 5.78. The summed E-state index contributed by atoms with van der Waals surface area (Å²) in [6.07, 6.45) is 1.75. The molecule has 0 fully saturated rings. The maximum absolute atomic E-state index is 4.56. The Hall–Kier alpha value is -1.36. The first-order chi connectivity index (χ1) is 8.18. The molecule has 0 aliphatic heterocycles. The molecule has 0 atom stereocenters. The van der Waals surface area contributed by atoms with Gasteiger partial charge in [-0.05, 0) is 12.8 Å². The van der Waals surface area contributed by atoms with E-state index in [1.807, 2.05) is 20.8 Å². The van der Waals surface area contributed by atoms with Crippen LogP contribution in [0.5, 0.6) is 0 Å². The zero-order valence-corrected chi connectivity index (χ0v) is 11.7. The summed E-state index contributed by atoms with van der Waals surface area (Å²) in [5.41, 5.74) is 4.53. The largest absolute Gasteiger partial charge is 0.257 e. The van der Waals surface area contributed by atoms with E-state index in [0.29, 0.717) is 5.92 Å². The van der Waals surface area contributed by atoms with Crippen molar-refractivity contribution in [2.24, 2.45) is 0 Å². The molecule has 0 bridgehead atoms. The highest BCUT2D eigenvalue weighted by atomic mass is 32.1. The lowest BCUT2D eigenvalue weighted by Gasteiger charge is -2.08. The standard InChI is InChI=1S/C10H12N4S.C2H6/c1-6(2)9-7(3)11-4-8(13-9)10-14-12-5-15-10;1-2/h4-6H,1-3H3;1-2H3. The van der Waals surface area contributed by atoms with Crippen LogP contribution in [0, 0.1) is 6.92 Å². The van der Waals surface area contributed by atoms with Crippen LogP contribution in [0.25, 0.3) is 10.7 Å². The fraction of sp³-hybridized carbons (Fsp3) is 0.500. The summed E-state index contributed by atoms with van der Waals surface area (Å²) >= 11 is 1.48. The molecule has 0 amide bonds. The van der Waals surface area contributed by atoms with Crippen molar-refractivity contribution in [2.45, 2.75) is 40.5 Å². The number of aromatic nitrogens is 4. The number of hydrogen-bond acceptors (Lipinski definition) is 5. The lowest BCUT2D eigenvalue weighted by Crippen LogP contribution is -2.00. The number of hydrogen-bond donors (Lipinski definition) is 0. The second-order valence-electron chi connectivity index (χ2n) is 3.62. The minimum absolute atomic E-state index is 0.380. The maximum Gasteiger partial charge on any atom is 0.167 e. The predicted octanol–water partition coefficient (Wildman–Crippen LogP) is 3.45. The summed E-state index contributed by atoms with van der Waals surface area (Å²) in [5.74, 6) is 0.380. The number of rotatable bonds is 2. The third-order valence-electron chi connectivity index (χ3n) is 2.12. The van der Waals surface area contributed by atoms with Crippen molar-refractivity contribution >= 4 is 11.3 Å². The molecule has 0 aromatic carbocycles. The van der Waals surface area contributed by atoms with Crippen molar-refractivity contribution in [3.8, 4) is 10.7 Å². The van der Waals surface area contributed by atoms with Gasteiger partial charge in [-0.1, -0.05) is 39.0 Å². The zero-order valence-electron chi connectivity index (χ0n) is 10.9. The summed E-state index contributed by atoms with van der Waals surface area (Å²) in [6.45, 7) is 10.2. The van der Waals surface area contributed by atoms with E-state index in [-0.39, 0.29) is 0 Å². The first kappa shape index (κ1) is 13.7. The molecule has 2 rings (SSSR count). The van der Waals surface area contributed by atoms with Crippen LogP contribution >= 0.6 is 11.3 Å². The fourth-order valence-corrected chi connectivity index (χ4v) is 1.91. The lowest BCUT2D eigenvalue weighted by atomic mass is 10.1. The highest BCUT2D eigenvalue weighted by Crippen LogP contribution is 2.21. The molecule has 0 aliphatic rings. The van der Waals surface area contributed by atoms with E-state index < -0.39 is 0 Å². The molecule has 5 heteroatoms. The SMILES string of the molecule is CC.Cc1ncc(-c2nncs2)nc1C(C)C. The second-order valence-corrected chi connectivity index (χ2v) is 4.46. The smallest absolute Gasteiger partial charge is 0.167 e. The average Bonchev–Trinajstić information content (AvgIpc) is 2.85. The van der Waals surface area contributed by atoms with Gasteiger partial charge < -0.3 is 0 Å². The molecule has 0 saturated carbocycles. The molecule has 2 aromatic rings. The molecule has 0 saturated heterocycles. The van der Waals surface area contributed by atoms with Crippen molar-refractivity contribution in [1.82, 2.24) is 20.2 Å². The summed E-state index contributed by atoms with van der Waals surface area (Å²) in [5, 5.41) is 8.60. The summed E-state index contributed by atoms with van der Waals surface area (Å²) in [6, 6.07) is 0. The van der Waals surface area contributed by atoms with E-state index in [9.17, 15) is 0 Å². The Bertz CT molecular complexity index is 452. The number of nitrogens with zero attached hydrogens (tertiary/aromatic N) is 4. The molecule has 17 heavy (non-hydrogen) atoms. The van der Waals surface area contributed by atoms with Crippen molar-refractivity contribution in [3.63, 3.8) is 0 Å². The molecular weight excluding hydrogens is 232 g/mol. The van der Waals surface area contributed by atoms with Gasteiger partial charge in [0.25, 0.3) is 0 Å². The van der Waals surface area contributed by atoms with Gasteiger partial charge in [0.15, 0.2) is 5.01 Å². The molecule has 0 radical (unpaired) electrons. The van der Waals surface area contributed by atoms with E-state index in [1.165, 1.54) is 11.3 Å². The molecule has 2 aromatic heterocycles. The third kappa shape index (κ3) is 3.30. The van der Waals surface area contributed by atoms with Crippen molar-refractivity contribution in [1.29, 1.82) is 0 Å². The molecule has 4 nitrogen and oxygen atoms in total. The van der Waals surface area contributed by atoms with Crippen LogP contribution in [0.3, 0.4) is 0 Å². The van der Waals surface area contributed by atoms with E-state index in [0.717, 1.165) is 22.1 Å². The Morgan fingerprint density at radius 1 is 1.24 bits per heavy atom. The van der Waals surface area contributed by atoms with Crippen molar-refractivity contribution in [3.05, 3.63) is 23.1 Å². The van der Waals surface area contributed by atoms with Gasteiger partial charge in [-0.3, -0.25) is 4.98 Å². The van der Waals surface area contributed by atoms with Gasteiger partial charge in [0.2, 0.25) is 0 Å². The maximum atomic E-state index is 4.56. The van der Waals surface area contributed by atoms with E-state index in [2.05, 4.69) is 34.0 Å². The zero-order chi connectivity index (χ0) is 12.8. The highest BCUT2D eigenvalue weighted by Gasteiger charge is 2.10. The quantitative estimate of drug-likeness (QED) is 0.819. The van der Waals surface area contributed by atoms with Gasteiger partial charge in [0.1, 0.15) is 11.2 Å². The van der Waals surface area contributed by atoms with Crippen LogP contribution < -0.4 is 0 Å². The van der Waals surface area contributed by atoms with E-state index >= 15 is 0 Å². The van der Waals surface area contributed by atoms with Gasteiger partial charge >= 0.3 is 0 Å². The topological polar surface area (TPSA) is 51.6 Å². The highest BCUT2D eigenvalue weighted by molar-refractivity contribution is 7.12. The van der Waals surface area contributed by atoms with Gasteiger partial charge in [-0.25, -0.2) is 4.98 Å². The van der Waals surface area contributed by atoms with Crippen LogP contribution in [-0.4, -0.2) is 20.2 Å².